The van der Waals surface area contributed by atoms with E-state index in [-0.39, 0.29) is 5.91 Å². The van der Waals surface area contributed by atoms with Gasteiger partial charge in [-0.1, -0.05) is 0 Å². The van der Waals surface area contributed by atoms with Gasteiger partial charge in [-0.2, -0.15) is 0 Å². The molecule has 0 bridgehead atoms. The number of nitrogens with two attached hydrogens (primary N) is 1. The summed E-state index contributed by atoms with van der Waals surface area (Å²) in [6.45, 7) is 0. The van der Waals surface area contributed by atoms with Crippen molar-refractivity contribution < 1.29 is 9.53 Å². The molecule has 4 heteroatoms. The lowest BCUT2D eigenvalue weighted by atomic mass is 10.1. The van der Waals surface area contributed by atoms with Gasteiger partial charge in [0.1, 0.15) is 5.75 Å². The molecule has 0 aromatic heterocycles. The van der Waals surface area contributed by atoms with Crippen LogP contribution in [0.15, 0.2) is 18.2 Å². The molecule has 1 aromatic rings. The number of carbonyl (C=O) groups excluding carboxylic acids is 1. The SMILES string of the molecule is CN1C(=O)C2(CC2)Oc2ccc(N)cc21. The Bertz CT molecular complexity index is 452. The molecule has 1 fully saturated rings. The van der Waals surface area contributed by atoms with E-state index in [4.69, 9.17) is 10.5 Å². The van der Waals surface area contributed by atoms with E-state index in [1.165, 1.54) is 0 Å². The molecule has 1 aliphatic carbocycles. The molecular weight excluding hydrogens is 192 g/mol. The van der Waals surface area contributed by atoms with E-state index in [2.05, 4.69) is 0 Å². The summed E-state index contributed by atoms with van der Waals surface area (Å²) in [6, 6.07) is 5.38. The number of hydrogen-bond acceptors (Lipinski definition) is 3. The summed E-state index contributed by atoms with van der Waals surface area (Å²) in [5.41, 5.74) is 6.53. The molecule has 4 nitrogen and oxygen atoms in total. The lowest BCUT2D eigenvalue weighted by Crippen LogP contribution is -2.45. The van der Waals surface area contributed by atoms with Gasteiger partial charge < -0.3 is 15.4 Å². The summed E-state index contributed by atoms with van der Waals surface area (Å²) in [5.74, 6) is 0.796. The van der Waals surface area contributed by atoms with E-state index < -0.39 is 5.60 Å². The number of likely N-dealkylation sites (N-methyl/N-ethyl adjacent to an activating group) is 1. The lowest BCUT2D eigenvalue weighted by Gasteiger charge is -2.32. The van der Waals surface area contributed by atoms with Gasteiger partial charge in [-0.05, 0) is 18.2 Å². The summed E-state index contributed by atoms with van der Waals surface area (Å²) in [4.78, 5) is 13.6. The predicted octanol–water partition coefficient (Wildman–Crippen LogP) is 1.16. The maximum Gasteiger partial charge on any atom is 0.271 e. The van der Waals surface area contributed by atoms with Crippen molar-refractivity contribution in [1.82, 2.24) is 0 Å². The van der Waals surface area contributed by atoms with E-state index in [0.717, 1.165) is 24.3 Å². The van der Waals surface area contributed by atoms with Crippen LogP contribution < -0.4 is 15.4 Å². The maximum atomic E-state index is 11.9. The molecule has 0 saturated heterocycles. The fourth-order valence-electron chi connectivity index (χ4n) is 1.98. The highest BCUT2D eigenvalue weighted by molar-refractivity contribution is 6.04. The minimum atomic E-state index is -0.558. The average molecular weight is 204 g/mol. The number of ether oxygens (including phenoxy) is 1. The minimum Gasteiger partial charge on any atom is -0.475 e. The van der Waals surface area contributed by atoms with Crippen LogP contribution in [0, 0.1) is 0 Å². The van der Waals surface area contributed by atoms with E-state index in [0.29, 0.717) is 5.69 Å². The highest BCUT2D eigenvalue weighted by atomic mass is 16.5. The first-order valence-corrected chi connectivity index (χ1v) is 4.99. The van der Waals surface area contributed by atoms with Gasteiger partial charge in [0.05, 0.1) is 5.69 Å². The van der Waals surface area contributed by atoms with Crippen LogP contribution in [0.1, 0.15) is 12.8 Å². The molecule has 78 valence electrons. The van der Waals surface area contributed by atoms with Crippen LogP contribution >= 0.6 is 0 Å². The van der Waals surface area contributed by atoms with Crippen molar-refractivity contribution in [2.45, 2.75) is 18.4 Å². The Hall–Kier alpha value is -1.71. The molecule has 0 atom stereocenters. The van der Waals surface area contributed by atoms with Crippen LogP contribution in [0.3, 0.4) is 0 Å². The largest absolute Gasteiger partial charge is 0.475 e. The molecule has 0 unspecified atom stereocenters. The maximum absolute atomic E-state index is 11.9. The van der Waals surface area contributed by atoms with Gasteiger partial charge >= 0.3 is 0 Å². The van der Waals surface area contributed by atoms with Crippen molar-refractivity contribution in [3.8, 4) is 5.75 Å². The number of amides is 1. The number of benzene rings is 1. The summed E-state index contributed by atoms with van der Waals surface area (Å²) >= 11 is 0. The number of nitrogens with zero attached hydrogens (tertiary/aromatic N) is 1. The molecule has 2 aliphatic rings. The van der Waals surface area contributed by atoms with Crippen LogP contribution in [0.25, 0.3) is 0 Å². The zero-order chi connectivity index (χ0) is 10.6. The third kappa shape index (κ3) is 1.04. The van der Waals surface area contributed by atoms with Gasteiger partial charge in [-0.15, -0.1) is 0 Å². The van der Waals surface area contributed by atoms with Gasteiger partial charge in [-0.25, -0.2) is 0 Å². The minimum absolute atomic E-state index is 0.0422. The molecule has 1 aliphatic heterocycles. The average Bonchev–Trinajstić information content (AvgIpc) is 2.98. The van der Waals surface area contributed by atoms with E-state index in [9.17, 15) is 4.79 Å². The van der Waals surface area contributed by atoms with Crippen molar-refractivity contribution in [1.29, 1.82) is 0 Å². The summed E-state index contributed by atoms with van der Waals surface area (Å²) in [7, 11) is 1.77. The Balaban J connectivity index is 2.13. The fraction of sp³-hybridized carbons (Fsp3) is 0.364. The molecule has 1 saturated carbocycles. The Morgan fingerprint density at radius 2 is 2.20 bits per heavy atom. The number of nitrogen functional groups attached to an aromatic ring is 1. The molecule has 1 amide bonds. The van der Waals surface area contributed by atoms with Gasteiger partial charge in [0, 0.05) is 25.6 Å². The highest BCUT2D eigenvalue weighted by Crippen LogP contribution is 2.48. The van der Waals surface area contributed by atoms with E-state index >= 15 is 0 Å². The second-order valence-corrected chi connectivity index (χ2v) is 4.19. The molecule has 1 heterocycles. The van der Waals surface area contributed by atoms with Crippen LogP contribution in [0.5, 0.6) is 5.75 Å². The number of hydrogen-bond donors (Lipinski definition) is 1. The normalized spacial score (nSPS) is 21.1. The van der Waals surface area contributed by atoms with Crippen LogP contribution in [-0.2, 0) is 4.79 Å². The van der Waals surface area contributed by atoms with E-state index in [1.807, 2.05) is 6.07 Å². The van der Waals surface area contributed by atoms with Crippen molar-refractivity contribution >= 4 is 17.3 Å². The topological polar surface area (TPSA) is 55.6 Å². The second-order valence-electron chi connectivity index (χ2n) is 4.19. The smallest absolute Gasteiger partial charge is 0.271 e. The first kappa shape index (κ1) is 8.59. The quantitative estimate of drug-likeness (QED) is 0.645. The Morgan fingerprint density at radius 3 is 2.87 bits per heavy atom. The molecule has 3 rings (SSSR count). The van der Waals surface area contributed by atoms with Gasteiger partial charge in [-0.3, -0.25) is 4.79 Å². The first-order valence-electron chi connectivity index (χ1n) is 4.99. The van der Waals surface area contributed by atoms with Crippen LogP contribution in [0.2, 0.25) is 0 Å². The zero-order valence-electron chi connectivity index (χ0n) is 8.49. The monoisotopic (exact) mass is 204 g/mol. The Kier molecular flexibility index (Phi) is 1.40. The first-order chi connectivity index (χ1) is 7.12. The van der Waals surface area contributed by atoms with E-state index in [1.54, 1.807) is 24.1 Å². The van der Waals surface area contributed by atoms with Crippen molar-refractivity contribution in [2.75, 3.05) is 17.7 Å². The molecule has 0 radical (unpaired) electrons. The Labute approximate surface area is 87.6 Å². The zero-order valence-corrected chi connectivity index (χ0v) is 8.49. The second kappa shape index (κ2) is 2.45. The molecule has 2 N–H and O–H groups in total. The molecule has 1 aromatic carbocycles. The van der Waals surface area contributed by atoms with Crippen molar-refractivity contribution in [2.24, 2.45) is 0 Å². The number of anilines is 2. The number of carbonyl (C=O) groups is 1. The third-order valence-corrected chi connectivity index (χ3v) is 3.05. The summed E-state index contributed by atoms with van der Waals surface area (Å²) in [5, 5.41) is 0. The highest BCUT2D eigenvalue weighted by Gasteiger charge is 2.57. The Morgan fingerprint density at radius 1 is 1.47 bits per heavy atom. The van der Waals surface area contributed by atoms with Gasteiger partial charge in [0.25, 0.3) is 5.91 Å². The lowest BCUT2D eigenvalue weighted by molar-refractivity contribution is -0.127. The van der Waals surface area contributed by atoms with Crippen molar-refractivity contribution in [3.63, 3.8) is 0 Å². The number of fused-ring (bicyclic) bond motifs is 1. The standard InChI is InChI=1S/C11H12N2O2/c1-13-8-6-7(12)2-3-9(8)15-11(4-5-11)10(13)14/h2-3,6H,4-5,12H2,1H3. The molecule has 15 heavy (non-hydrogen) atoms. The predicted molar refractivity (Wildman–Crippen MR) is 56.9 cm³/mol. The van der Waals surface area contributed by atoms with Gasteiger partial charge in [0.15, 0.2) is 5.60 Å². The van der Waals surface area contributed by atoms with Crippen molar-refractivity contribution in [3.05, 3.63) is 18.2 Å². The molecular formula is C11H12N2O2. The third-order valence-electron chi connectivity index (χ3n) is 3.05. The summed E-state index contributed by atoms with van der Waals surface area (Å²) < 4.78 is 5.72. The molecule has 1 spiro atoms. The number of rotatable bonds is 0. The summed E-state index contributed by atoms with van der Waals surface area (Å²) in [6.07, 6.45) is 1.64. The van der Waals surface area contributed by atoms with Crippen LogP contribution in [0.4, 0.5) is 11.4 Å². The van der Waals surface area contributed by atoms with Gasteiger partial charge in [0.2, 0.25) is 0 Å². The van der Waals surface area contributed by atoms with Crippen LogP contribution in [-0.4, -0.2) is 18.6 Å². The fourth-order valence-corrected chi connectivity index (χ4v) is 1.98.